The molecule has 2 amide bonds. The fraction of sp³-hybridized carbons (Fsp3) is 0.500. The zero-order chi connectivity index (χ0) is 19.4. The fourth-order valence-corrected chi connectivity index (χ4v) is 3.39. The Morgan fingerprint density at radius 3 is 2.67 bits per heavy atom. The lowest BCUT2D eigenvalue weighted by atomic mass is 10.1. The third-order valence-electron chi connectivity index (χ3n) is 4.70. The number of hydrogen-bond donors (Lipinski definition) is 2. The maximum atomic E-state index is 13.0. The molecule has 1 aliphatic heterocycles. The van der Waals surface area contributed by atoms with Crippen LogP contribution in [0.1, 0.15) is 43.8 Å². The Kier molecular flexibility index (Phi) is 6.11. The summed E-state index contributed by atoms with van der Waals surface area (Å²) in [6.45, 7) is 10.6. The van der Waals surface area contributed by atoms with E-state index in [-0.39, 0.29) is 17.9 Å². The van der Waals surface area contributed by atoms with Crippen molar-refractivity contribution in [1.82, 2.24) is 25.3 Å². The molecule has 0 unspecified atom stereocenters. The highest BCUT2D eigenvalue weighted by atomic mass is 19.1. The quantitative estimate of drug-likeness (QED) is 0.818. The lowest BCUT2D eigenvalue weighted by Crippen LogP contribution is -2.36. The van der Waals surface area contributed by atoms with Crippen LogP contribution in [-0.2, 0) is 19.6 Å². The molecule has 0 radical (unpaired) electrons. The molecular formula is C20H28FN5O. The standard InChI is InChI=1S/C20H28FN5O/c1-14(2)12-25-8-9-26-19(13-25)10-18(24-26)11-22-20(27)23-15(3)16-4-6-17(21)7-5-16/h4-7,10,14-15H,8-9,11-13H2,1-3H3,(H2,22,23,27)/t15-/m1/s1. The highest BCUT2D eigenvalue weighted by molar-refractivity contribution is 5.74. The number of urea groups is 1. The Balaban J connectivity index is 1.49. The van der Waals surface area contributed by atoms with E-state index in [2.05, 4.69) is 40.5 Å². The number of halogens is 1. The van der Waals surface area contributed by atoms with E-state index in [9.17, 15) is 9.18 Å². The molecule has 0 spiro atoms. The summed E-state index contributed by atoms with van der Waals surface area (Å²) in [6.07, 6.45) is 0. The number of carbonyl (C=O) groups is 1. The van der Waals surface area contributed by atoms with Crippen molar-refractivity contribution in [3.63, 3.8) is 0 Å². The topological polar surface area (TPSA) is 62.2 Å². The lowest BCUT2D eigenvalue weighted by Gasteiger charge is -2.28. The predicted molar refractivity (Wildman–Crippen MR) is 103 cm³/mol. The first-order valence-electron chi connectivity index (χ1n) is 9.48. The van der Waals surface area contributed by atoms with E-state index in [1.165, 1.54) is 17.8 Å². The molecule has 3 rings (SSSR count). The van der Waals surface area contributed by atoms with E-state index < -0.39 is 0 Å². The molecule has 2 N–H and O–H groups in total. The molecule has 1 atom stereocenters. The number of carbonyl (C=O) groups excluding carboxylic acids is 1. The second-order valence-corrected chi connectivity index (χ2v) is 7.58. The van der Waals surface area contributed by atoms with Crippen molar-refractivity contribution in [2.45, 2.75) is 46.4 Å². The maximum absolute atomic E-state index is 13.0. The van der Waals surface area contributed by atoms with Crippen LogP contribution in [0.25, 0.3) is 0 Å². The minimum atomic E-state index is -0.286. The van der Waals surface area contributed by atoms with Crippen LogP contribution in [0, 0.1) is 11.7 Å². The number of benzene rings is 1. The molecule has 27 heavy (non-hydrogen) atoms. The van der Waals surface area contributed by atoms with E-state index >= 15 is 0 Å². The zero-order valence-electron chi connectivity index (χ0n) is 16.2. The first-order chi connectivity index (χ1) is 12.9. The van der Waals surface area contributed by atoms with E-state index in [1.54, 1.807) is 12.1 Å². The van der Waals surface area contributed by atoms with Crippen molar-refractivity contribution in [1.29, 1.82) is 0 Å². The Labute approximate surface area is 159 Å². The summed E-state index contributed by atoms with van der Waals surface area (Å²) in [7, 11) is 0. The summed E-state index contributed by atoms with van der Waals surface area (Å²) in [5.74, 6) is 0.360. The lowest BCUT2D eigenvalue weighted by molar-refractivity contribution is 0.192. The highest BCUT2D eigenvalue weighted by Gasteiger charge is 2.19. The summed E-state index contributed by atoms with van der Waals surface area (Å²) in [5.41, 5.74) is 2.91. The summed E-state index contributed by atoms with van der Waals surface area (Å²) < 4.78 is 15.0. The molecule has 0 fully saturated rings. The molecule has 146 valence electrons. The predicted octanol–water partition coefficient (Wildman–Crippen LogP) is 3.05. The van der Waals surface area contributed by atoms with Crippen LogP contribution < -0.4 is 10.6 Å². The van der Waals surface area contributed by atoms with Crippen molar-refractivity contribution in [2.24, 2.45) is 5.92 Å². The third-order valence-corrected chi connectivity index (χ3v) is 4.70. The Hall–Kier alpha value is -2.41. The van der Waals surface area contributed by atoms with Gasteiger partial charge in [0.25, 0.3) is 0 Å². The molecule has 0 bridgehead atoms. The van der Waals surface area contributed by atoms with Crippen molar-refractivity contribution in [2.75, 3.05) is 13.1 Å². The third kappa shape index (κ3) is 5.29. The summed E-state index contributed by atoms with van der Waals surface area (Å²) in [6, 6.07) is 7.73. The number of aromatic nitrogens is 2. The van der Waals surface area contributed by atoms with Gasteiger partial charge in [0.1, 0.15) is 5.82 Å². The van der Waals surface area contributed by atoms with Gasteiger partial charge in [0.05, 0.1) is 30.5 Å². The minimum Gasteiger partial charge on any atom is -0.332 e. The van der Waals surface area contributed by atoms with Crippen LogP contribution >= 0.6 is 0 Å². The molecule has 1 aromatic carbocycles. The summed E-state index contributed by atoms with van der Waals surface area (Å²) in [4.78, 5) is 14.6. The Bertz CT molecular complexity index is 771. The van der Waals surface area contributed by atoms with E-state index in [4.69, 9.17) is 0 Å². The van der Waals surface area contributed by atoms with Crippen molar-refractivity contribution < 1.29 is 9.18 Å². The fourth-order valence-electron chi connectivity index (χ4n) is 3.39. The smallest absolute Gasteiger partial charge is 0.315 e. The molecule has 2 aromatic rings. The number of amides is 2. The average molecular weight is 373 g/mol. The average Bonchev–Trinajstić information content (AvgIpc) is 3.02. The number of hydrogen-bond acceptors (Lipinski definition) is 3. The number of nitrogens with zero attached hydrogens (tertiary/aromatic N) is 3. The Morgan fingerprint density at radius 2 is 1.96 bits per heavy atom. The molecule has 0 saturated carbocycles. The van der Waals surface area contributed by atoms with E-state index in [0.717, 1.165) is 37.4 Å². The van der Waals surface area contributed by atoms with Crippen LogP contribution in [0.5, 0.6) is 0 Å². The Morgan fingerprint density at radius 1 is 1.22 bits per heavy atom. The molecule has 0 aliphatic carbocycles. The van der Waals surface area contributed by atoms with Gasteiger partial charge in [0.15, 0.2) is 0 Å². The van der Waals surface area contributed by atoms with E-state index in [1.807, 2.05) is 11.6 Å². The van der Waals surface area contributed by atoms with Gasteiger partial charge in [0.2, 0.25) is 0 Å². The first-order valence-corrected chi connectivity index (χ1v) is 9.48. The number of fused-ring (bicyclic) bond motifs is 1. The summed E-state index contributed by atoms with van der Waals surface area (Å²) >= 11 is 0. The largest absolute Gasteiger partial charge is 0.332 e. The van der Waals surface area contributed by atoms with E-state index in [0.29, 0.717) is 12.5 Å². The molecule has 1 aromatic heterocycles. The zero-order valence-corrected chi connectivity index (χ0v) is 16.2. The van der Waals surface area contributed by atoms with Crippen molar-refractivity contribution >= 4 is 6.03 Å². The molecule has 0 saturated heterocycles. The van der Waals surface area contributed by atoms with Crippen molar-refractivity contribution in [3.05, 3.63) is 53.1 Å². The molecule has 7 heteroatoms. The normalized spacial score (nSPS) is 15.4. The van der Waals surface area contributed by atoms with Gasteiger partial charge in [-0.1, -0.05) is 26.0 Å². The van der Waals surface area contributed by atoms with Gasteiger partial charge in [-0.05, 0) is 36.6 Å². The van der Waals surface area contributed by atoms with Crippen LogP contribution in [-0.4, -0.2) is 33.8 Å². The van der Waals surface area contributed by atoms with Gasteiger partial charge in [-0.15, -0.1) is 0 Å². The molecule has 2 heterocycles. The maximum Gasteiger partial charge on any atom is 0.315 e. The van der Waals surface area contributed by atoms with Gasteiger partial charge >= 0.3 is 6.03 Å². The monoisotopic (exact) mass is 373 g/mol. The van der Waals surface area contributed by atoms with Crippen LogP contribution in [0.4, 0.5) is 9.18 Å². The van der Waals surface area contributed by atoms with Gasteiger partial charge in [-0.25, -0.2) is 9.18 Å². The molecule has 1 aliphatic rings. The van der Waals surface area contributed by atoms with Gasteiger partial charge in [0, 0.05) is 19.6 Å². The van der Waals surface area contributed by atoms with Crippen LogP contribution in [0.2, 0.25) is 0 Å². The van der Waals surface area contributed by atoms with Crippen LogP contribution in [0.3, 0.4) is 0 Å². The van der Waals surface area contributed by atoms with Gasteiger partial charge in [-0.3, -0.25) is 9.58 Å². The first kappa shape index (κ1) is 19.4. The van der Waals surface area contributed by atoms with Gasteiger partial charge < -0.3 is 10.6 Å². The SMILES string of the molecule is CC(C)CN1CCn2nc(CNC(=O)N[C@H](C)c3ccc(F)cc3)cc2C1. The number of rotatable bonds is 6. The minimum absolute atomic E-state index is 0.203. The molecular weight excluding hydrogens is 345 g/mol. The number of nitrogens with one attached hydrogen (secondary N) is 2. The highest BCUT2D eigenvalue weighted by Crippen LogP contribution is 2.15. The van der Waals surface area contributed by atoms with Gasteiger partial charge in [-0.2, -0.15) is 5.10 Å². The second-order valence-electron chi connectivity index (χ2n) is 7.58. The van der Waals surface area contributed by atoms with Crippen molar-refractivity contribution in [3.8, 4) is 0 Å². The molecule has 6 nitrogen and oxygen atoms in total. The summed E-state index contributed by atoms with van der Waals surface area (Å²) in [5, 5.41) is 10.3. The van der Waals surface area contributed by atoms with Crippen LogP contribution in [0.15, 0.2) is 30.3 Å². The second kappa shape index (κ2) is 8.52.